The van der Waals surface area contributed by atoms with Crippen LogP contribution in [0.3, 0.4) is 0 Å². The van der Waals surface area contributed by atoms with Crippen LogP contribution in [0.25, 0.3) is 0 Å². The molecule has 6 aromatic rings. The molecule has 246 valence electrons. The number of benzene rings is 6. The van der Waals surface area contributed by atoms with Gasteiger partial charge in [-0.25, -0.2) is 0 Å². The highest BCUT2D eigenvalue weighted by atomic mass is 14.3. The molecule has 2 fully saturated rings. The molecule has 6 atom stereocenters. The molecule has 6 aromatic carbocycles. The van der Waals surface area contributed by atoms with Crippen LogP contribution < -0.4 is 0 Å². The van der Waals surface area contributed by atoms with Crippen molar-refractivity contribution in [3.8, 4) is 0 Å². The minimum Gasteiger partial charge on any atom is -0.0666 e. The van der Waals surface area contributed by atoms with E-state index < -0.39 is 0 Å². The highest BCUT2D eigenvalue weighted by Crippen LogP contribution is 2.53. The molecular weight excluding hydrogens is 598 g/mol. The van der Waals surface area contributed by atoms with E-state index in [0.29, 0.717) is 48.9 Å². The van der Waals surface area contributed by atoms with Crippen LogP contribution in [0.5, 0.6) is 0 Å². The van der Waals surface area contributed by atoms with Gasteiger partial charge in [0, 0.05) is 0 Å². The fourth-order valence-corrected chi connectivity index (χ4v) is 10.1. The van der Waals surface area contributed by atoms with Crippen molar-refractivity contribution in [2.45, 2.75) is 73.4 Å². The highest BCUT2D eigenvalue weighted by Gasteiger charge is 2.43. The maximum Gasteiger partial charge on any atom is 0.141 e. The maximum absolute atomic E-state index is 2.42. The lowest BCUT2D eigenvalue weighted by Crippen LogP contribution is -2.23. The van der Waals surface area contributed by atoms with Gasteiger partial charge >= 0.3 is 0 Å². The molecule has 6 unspecified atom stereocenters. The summed E-state index contributed by atoms with van der Waals surface area (Å²) < 4.78 is 0. The largest absolute Gasteiger partial charge is 0.141 e. The molecule has 0 aromatic heterocycles. The summed E-state index contributed by atoms with van der Waals surface area (Å²) in [7, 11) is 0. The quantitative estimate of drug-likeness (QED) is 0.123. The van der Waals surface area contributed by atoms with Crippen molar-refractivity contribution in [1.29, 1.82) is 0 Å². The van der Waals surface area contributed by atoms with Crippen LogP contribution in [0.15, 0.2) is 182 Å². The van der Waals surface area contributed by atoms with E-state index in [1.165, 1.54) is 71.3 Å². The third-order valence-electron chi connectivity index (χ3n) is 12.3. The van der Waals surface area contributed by atoms with E-state index >= 15 is 0 Å². The summed E-state index contributed by atoms with van der Waals surface area (Å²) in [6.45, 7) is 1.33. The molecule has 0 spiro atoms. The molecule has 50 heavy (non-hydrogen) atoms. The van der Waals surface area contributed by atoms with Crippen LogP contribution in [0.2, 0.25) is 37.9 Å². The molecule has 2 aliphatic heterocycles. The minimum atomic E-state index is 0.473. The van der Waals surface area contributed by atoms with Crippen LogP contribution in [-0.2, 0) is 0 Å². The van der Waals surface area contributed by atoms with E-state index in [1.807, 2.05) is 0 Å². The molecule has 0 saturated carbocycles. The predicted octanol–water partition coefficient (Wildman–Crippen LogP) is 12.7. The highest BCUT2D eigenvalue weighted by molar-refractivity contribution is 6.61. The van der Waals surface area contributed by atoms with Gasteiger partial charge in [-0.1, -0.05) is 220 Å². The molecule has 0 nitrogen and oxygen atoms in total. The summed E-state index contributed by atoms with van der Waals surface area (Å²) in [6, 6.07) is 68.6. The lowest BCUT2D eigenvalue weighted by Gasteiger charge is -2.31. The molecule has 2 saturated heterocycles. The summed E-state index contributed by atoms with van der Waals surface area (Å²) in [5, 5.41) is 0. The van der Waals surface area contributed by atoms with Gasteiger partial charge in [-0.15, -0.1) is 0 Å². The first kappa shape index (κ1) is 32.6. The molecule has 0 radical (unpaired) electrons. The Kier molecular flexibility index (Phi) is 10.2. The second kappa shape index (κ2) is 15.6. The zero-order valence-corrected chi connectivity index (χ0v) is 29.2. The molecule has 2 heteroatoms. The van der Waals surface area contributed by atoms with Crippen LogP contribution in [0.1, 0.15) is 68.9 Å². The van der Waals surface area contributed by atoms with Gasteiger partial charge in [0.1, 0.15) is 13.4 Å². The minimum absolute atomic E-state index is 0.473. The zero-order chi connectivity index (χ0) is 33.5. The summed E-state index contributed by atoms with van der Waals surface area (Å²) in [6.07, 6.45) is 7.47. The lowest BCUT2D eigenvalue weighted by molar-refractivity contribution is 0.612. The van der Waals surface area contributed by atoms with Crippen molar-refractivity contribution in [3.05, 3.63) is 215 Å². The summed E-state index contributed by atoms with van der Waals surface area (Å²) in [5.41, 5.74) is 9.04. The predicted molar refractivity (Wildman–Crippen MR) is 215 cm³/mol. The van der Waals surface area contributed by atoms with Crippen molar-refractivity contribution in [2.24, 2.45) is 0 Å². The Balaban J connectivity index is 1.13. The Bertz CT molecular complexity index is 1640. The normalized spacial score (nSPS) is 21.6. The first-order chi connectivity index (χ1) is 24.8. The number of rotatable bonds is 11. The first-order valence-electron chi connectivity index (χ1n) is 19.1. The molecule has 2 aliphatic rings. The van der Waals surface area contributed by atoms with Crippen molar-refractivity contribution >= 4 is 13.4 Å². The van der Waals surface area contributed by atoms with Gasteiger partial charge in [-0.2, -0.15) is 0 Å². The van der Waals surface area contributed by atoms with Crippen LogP contribution in [-0.4, -0.2) is 13.4 Å². The molecule has 0 N–H and O–H groups in total. The third-order valence-corrected chi connectivity index (χ3v) is 12.3. The summed E-state index contributed by atoms with van der Waals surface area (Å²) in [5.74, 6) is 3.18. The van der Waals surface area contributed by atoms with Crippen molar-refractivity contribution in [2.75, 3.05) is 0 Å². The van der Waals surface area contributed by atoms with E-state index in [0.717, 1.165) is 0 Å². The van der Waals surface area contributed by atoms with Gasteiger partial charge in [0.05, 0.1) is 0 Å². The van der Waals surface area contributed by atoms with Gasteiger partial charge < -0.3 is 0 Å². The van der Waals surface area contributed by atoms with Crippen LogP contribution in [0.4, 0.5) is 0 Å². The smallest absolute Gasteiger partial charge is 0.0666 e. The first-order valence-corrected chi connectivity index (χ1v) is 19.1. The summed E-state index contributed by atoms with van der Waals surface area (Å²) in [4.78, 5) is 0. The van der Waals surface area contributed by atoms with E-state index in [1.54, 1.807) is 0 Å². The fraction of sp³-hybridized carbons (Fsp3) is 0.250. The van der Waals surface area contributed by atoms with Gasteiger partial charge in [-0.3, -0.25) is 0 Å². The zero-order valence-electron chi connectivity index (χ0n) is 29.2. The Morgan fingerprint density at radius 3 is 0.780 bits per heavy atom. The number of hydrogen-bond donors (Lipinski definition) is 0. The average molecular weight is 647 g/mol. The Morgan fingerprint density at radius 1 is 0.320 bits per heavy atom. The number of hydrogen-bond acceptors (Lipinski definition) is 0. The van der Waals surface area contributed by atoms with Crippen molar-refractivity contribution < 1.29 is 0 Å². The van der Waals surface area contributed by atoms with Crippen LogP contribution in [0, 0.1) is 0 Å². The monoisotopic (exact) mass is 646 g/mol. The van der Waals surface area contributed by atoms with E-state index in [2.05, 4.69) is 182 Å². The fourth-order valence-electron chi connectivity index (χ4n) is 10.1. The van der Waals surface area contributed by atoms with Gasteiger partial charge in [0.25, 0.3) is 0 Å². The lowest BCUT2D eigenvalue weighted by atomic mass is 9.38. The molecule has 0 aliphatic carbocycles. The third kappa shape index (κ3) is 7.32. The molecule has 8 rings (SSSR count). The van der Waals surface area contributed by atoms with Gasteiger partial charge in [0.2, 0.25) is 0 Å². The van der Waals surface area contributed by atoms with Crippen LogP contribution >= 0.6 is 0 Å². The molecule has 0 bridgehead atoms. The molecular formula is C48H48B2. The van der Waals surface area contributed by atoms with E-state index in [9.17, 15) is 0 Å². The second-order valence-electron chi connectivity index (χ2n) is 15.2. The second-order valence-corrected chi connectivity index (χ2v) is 15.2. The topological polar surface area (TPSA) is 0 Å². The van der Waals surface area contributed by atoms with Crippen molar-refractivity contribution in [1.82, 2.24) is 0 Å². The Labute approximate surface area is 301 Å². The van der Waals surface area contributed by atoms with Gasteiger partial charge in [0.15, 0.2) is 0 Å². The van der Waals surface area contributed by atoms with Crippen molar-refractivity contribution in [3.63, 3.8) is 0 Å². The SMILES string of the molecule is c1ccc(C2CB(CC(c3ccccc3)C(CB3CC(c4ccccc4)C(c4ccccc4)C3)c3ccccc3)CC2c2ccccc2)cc1. The van der Waals surface area contributed by atoms with Gasteiger partial charge in [-0.05, 0) is 68.9 Å². The Hall–Kier alpha value is -4.55. The standard InChI is InChI=1S/C48H48B2/c1-7-19-37(20-8-1)43-31-49(32-44(43)38-21-9-2-10-22-38)35-47(41-27-15-5-16-28-41)48(42-29-17-6-18-30-42)36-50-33-45(39-23-11-3-12-24-39)46(34-50)40-25-13-4-14-26-40/h1-30,43-48H,31-36H2. The van der Waals surface area contributed by atoms with E-state index in [-0.39, 0.29) is 0 Å². The average Bonchev–Trinajstić information content (AvgIpc) is 3.83. The molecule has 0 amide bonds. The molecule has 2 heterocycles. The van der Waals surface area contributed by atoms with E-state index in [4.69, 9.17) is 0 Å². The maximum atomic E-state index is 2.42. The summed E-state index contributed by atoms with van der Waals surface area (Å²) >= 11 is 0. The Morgan fingerprint density at radius 2 is 0.540 bits per heavy atom.